The lowest BCUT2D eigenvalue weighted by molar-refractivity contribution is -0.146. The van der Waals surface area contributed by atoms with Gasteiger partial charge in [-0.1, -0.05) is 30.3 Å². The van der Waals surface area contributed by atoms with E-state index in [0.29, 0.717) is 0 Å². The van der Waals surface area contributed by atoms with Gasteiger partial charge in [0.15, 0.2) is 0 Å². The van der Waals surface area contributed by atoms with Crippen molar-refractivity contribution >= 4 is 11.9 Å². The van der Waals surface area contributed by atoms with Crippen LogP contribution in [0.3, 0.4) is 0 Å². The third-order valence-corrected chi connectivity index (χ3v) is 2.74. The minimum atomic E-state index is -0.859. The fraction of sp³-hybridized carbons (Fsp3) is 0.385. The Morgan fingerprint density at radius 2 is 1.88 bits per heavy atom. The summed E-state index contributed by atoms with van der Waals surface area (Å²) >= 11 is 0. The molecular weight excluding hydrogens is 218 g/mol. The molecule has 0 aliphatic carbocycles. The van der Waals surface area contributed by atoms with Gasteiger partial charge in [0.1, 0.15) is 5.41 Å². The topological polar surface area (TPSA) is 55.4 Å². The largest absolute Gasteiger partial charge is 0.468 e. The monoisotopic (exact) mass is 235 g/mol. The second-order valence-corrected chi connectivity index (χ2v) is 4.10. The number of carbonyl (C=O) groups excluding carboxylic acids is 2. The summed E-state index contributed by atoms with van der Waals surface area (Å²) in [4.78, 5) is 22.8. The molecule has 1 aromatic rings. The number of ether oxygens (including phenoxy) is 1. The van der Waals surface area contributed by atoms with Crippen LogP contribution in [-0.4, -0.2) is 25.5 Å². The Balaban J connectivity index is 3.02. The zero-order valence-electron chi connectivity index (χ0n) is 10.3. The molecule has 0 spiro atoms. The molecule has 4 heteroatoms. The summed E-state index contributed by atoms with van der Waals surface area (Å²) in [6, 6.07) is 9.27. The number of rotatable bonds is 4. The van der Waals surface area contributed by atoms with Crippen molar-refractivity contribution in [1.29, 1.82) is 0 Å². The average molecular weight is 235 g/mol. The fourth-order valence-electron chi connectivity index (χ4n) is 1.62. The zero-order chi connectivity index (χ0) is 12.9. The first-order valence-corrected chi connectivity index (χ1v) is 5.39. The maximum Gasteiger partial charge on any atom is 0.317 e. The Morgan fingerprint density at radius 3 is 2.35 bits per heavy atom. The van der Waals surface area contributed by atoms with E-state index in [4.69, 9.17) is 4.74 Å². The molecular formula is C13H17NO3. The Bertz CT molecular complexity index is 402. The molecule has 0 saturated heterocycles. The normalized spacial score (nSPS) is 13.6. The molecule has 1 atom stereocenters. The molecule has 0 saturated carbocycles. The summed E-state index contributed by atoms with van der Waals surface area (Å²) < 4.78 is 4.81. The standard InChI is InChI=1S/C13H17NO3/c1-10(15)14-9-13(2,12(16)17-3)11-7-5-4-6-8-11/h4-8H,9H2,1-3H3,(H,14,15)/t13-/m0/s1. The highest BCUT2D eigenvalue weighted by atomic mass is 16.5. The highest BCUT2D eigenvalue weighted by Crippen LogP contribution is 2.24. The molecule has 0 aliphatic heterocycles. The molecule has 1 aromatic carbocycles. The second-order valence-electron chi connectivity index (χ2n) is 4.10. The summed E-state index contributed by atoms with van der Waals surface area (Å²) in [7, 11) is 1.34. The minimum Gasteiger partial charge on any atom is -0.468 e. The van der Waals surface area contributed by atoms with Gasteiger partial charge in [0.25, 0.3) is 0 Å². The lowest BCUT2D eigenvalue weighted by atomic mass is 9.82. The molecule has 1 amide bonds. The van der Waals surface area contributed by atoms with E-state index in [2.05, 4.69) is 5.32 Å². The average Bonchev–Trinajstić information content (AvgIpc) is 2.36. The van der Waals surface area contributed by atoms with Crippen molar-refractivity contribution in [1.82, 2.24) is 5.32 Å². The van der Waals surface area contributed by atoms with Crippen molar-refractivity contribution in [3.05, 3.63) is 35.9 Å². The number of nitrogens with one attached hydrogen (secondary N) is 1. The molecule has 0 aliphatic rings. The van der Waals surface area contributed by atoms with Crippen molar-refractivity contribution in [3.63, 3.8) is 0 Å². The third-order valence-electron chi connectivity index (χ3n) is 2.74. The molecule has 0 bridgehead atoms. The summed E-state index contributed by atoms with van der Waals surface area (Å²) in [5.41, 5.74) is -0.0394. The lowest BCUT2D eigenvalue weighted by Gasteiger charge is -2.27. The zero-order valence-corrected chi connectivity index (χ0v) is 10.3. The second kappa shape index (κ2) is 5.48. The molecule has 17 heavy (non-hydrogen) atoms. The van der Waals surface area contributed by atoms with E-state index in [-0.39, 0.29) is 18.4 Å². The maximum absolute atomic E-state index is 11.9. The van der Waals surface area contributed by atoms with Gasteiger partial charge in [-0.05, 0) is 12.5 Å². The quantitative estimate of drug-likeness (QED) is 0.799. The van der Waals surface area contributed by atoms with Gasteiger partial charge in [-0.15, -0.1) is 0 Å². The number of esters is 1. The van der Waals surface area contributed by atoms with Crippen molar-refractivity contribution in [2.75, 3.05) is 13.7 Å². The van der Waals surface area contributed by atoms with Crippen molar-refractivity contribution in [2.45, 2.75) is 19.3 Å². The molecule has 0 radical (unpaired) electrons. The van der Waals surface area contributed by atoms with Gasteiger partial charge in [-0.3, -0.25) is 9.59 Å². The van der Waals surface area contributed by atoms with Crippen LogP contribution in [0.15, 0.2) is 30.3 Å². The van der Waals surface area contributed by atoms with Crippen LogP contribution in [-0.2, 0) is 19.7 Å². The molecule has 0 unspecified atom stereocenters. The molecule has 0 heterocycles. The summed E-state index contributed by atoms with van der Waals surface area (Å²) in [5.74, 6) is -0.534. The van der Waals surface area contributed by atoms with Gasteiger partial charge in [-0.2, -0.15) is 0 Å². The van der Waals surface area contributed by atoms with E-state index in [1.807, 2.05) is 30.3 Å². The third kappa shape index (κ3) is 3.06. The summed E-state index contributed by atoms with van der Waals surface area (Å²) in [6.07, 6.45) is 0. The highest BCUT2D eigenvalue weighted by Gasteiger charge is 2.36. The Labute approximate surface area is 101 Å². The molecule has 1 rings (SSSR count). The van der Waals surface area contributed by atoms with Gasteiger partial charge in [0.2, 0.25) is 5.91 Å². The van der Waals surface area contributed by atoms with Crippen LogP contribution in [0.2, 0.25) is 0 Å². The molecule has 1 N–H and O–H groups in total. The van der Waals surface area contributed by atoms with Crippen LogP contribution in [0.25, 0.3) is 0 Å². The van der Waals surface area contributed by atoms with Gasteiger partial charge >= 0.3 is 5.97 Å². The predicted molar refractivity (Wildman–Crippen MR) is 64.5 cm³/mol. The minimum absolute atomic E-state index is 0.170. The van der Waals surface area contributed by atoms with Gasteiger partial charge in [-0.25, -0.2) is 0 Å². The first-order valence-electron chi connectivity index (χ1n) is 5.39. The number of benzene rings is 1. The summed E-state index contributed by atoms with van der Waals surface area (Å²) in [5, 5.41) is 2.66. The molecule has 0 aromatic heterocycles. The molecule has 0 fully saturated rings. The Kier molecular flexibility index (Phi) is 4.26. The number of amides is 1. The molecule has 4 nitrogen and oxygen atoms in total. The summed E-state index contributed by atoms with van der Waals surface area (Å²) in [6.45, 7) is 3.39. The smallest absolute Gasteiger partial charge is 0.317 e. The fourth-order valence-corrected chi connectivity index (χ4v) is 1.62. The predicted octanol–water partition coefficient (Wildman–Crippen LogP) is 1.25. The van der Waals surface area contributed by atoms with E-state index in [1.54, 1.807) is 6.92 Å². The lowest BCUT2D eigenvalue weighted by Crippen LogP contribution is -2.44. The number of carbonyl (C=O) groups is 2. The van der Waals surface area contributed by atoms with E-state index < -0.39 is 5.41 Å². The number of methoxy groups -OCH3 is 1. The van der Waals surface area contributed by atoms with E-state index >= 15 is 0 Å². The van der Waals surface area contributed by atoms with Crippen LogP contribution in [0.5, 0.6) is 0 Å². The maximum atomic E-state index is 11.9. The van der Waals surface area contributed by atoms with Crippen molar-refractivity contribution in [2.24, 2.45) is 0 Å². The van der Waals surface area contributed by atoms with Crippen molar-refractivity contribution < 1.29 is 14.3 Å². The van der Waals surface area contributed by atoms with Gasteiger partial charge < -0.3 is 10.1 Å². The first kappa shape index (κ1) is 13.2. The van der Waals surface area contributed by atoms with E-state index in [9.17, 15) is 9.59 Å². The van der Waals surface area contributed by atoms with Crippen LogP contribution in [0.4, 0.5) is 0 Å². The van der Waals surface area contributed by atoms with Gasteiger partial charge in [0.05, 0.1) is 7.11 Å². The first-order chi connectivity index (χ1) is 8.00. The van der Waals surface area contributed by atoms with Crippen LogP contribution in [0, 0.1) is 0 Å². The van der Waals surface area contributed by atoms with Crippen molar-refractivity contribution in [3.8, 4) is 0 Å². The Hall–Kier alpha value is -1.84. The van der Waals surface area contributed by atoms with Gasteiger partial charge in [0, 0.05) is 13.5 Å². The molecule has 92 valence electrons. The Morgan fingerprint density at radius 1 is 1.29 bits per heavy atom. The van der Waals surface area contributed by atoms with E-state index in [0.717, 1.165) is 5.56 Å². The van der Waals surface area contributed by atoms with Crippen LogP contribution >= 0.6 is 0 Å². The van der Waals surface area contributed by atoms with Crippen LogP contribution in [0.1, 0.15) is 19.4 Å². The highest BCUT2D eigenvalue weighted by molar-refractivity contribution is 5.84. The van der Waals surface area contributed by atoms with Crippen LogP contribution < -0.4 is 5.32 Å². The number of hydrogen-bond donors (Lipinski definition) is 1. The van der Waals surface area contributed by atoms with E-state index in [1.165, 1.54) is 14.0 Å². The SMILES string of the molecule is COC(=O)[C@@](C)(CNC(C)=O)c1ccccc1. The number of hydrogen-bond acceptors (Lipinski definition) is 3.